The summed E-state index contributed by atoms with van der Waals surface area (Å²) in [4.78, 5) is 17.5. The van der Waals surface area contributed by atoms with Gasteiger partial charge in [0, 0.05) is 48.3 Å². The molecule has 220 valence electrons. The van der Waals surface area contributed by atoms with Crippen LogP contribution in [0.4, 0.5) is 0 Å². The molecule has 5 nitrogen and oxygen atoms in total. The molecule has 4 heterocycles. The lowest BCUT2D eigenvalue weighted by Gasteiger charge is -2.21. The lowest BCUT2D eigenvalue weighted by Crippen LogP contribution is -2.05. The Kier molecular flexibility index (Phi) is 5.74. The van der Waals surface area contributed by atoms with Gasteiger partial charge in [-0.25, -0.2) is 15.0 Å². The van der Waals surface area contributed by atoms with Gasteiger partial charge in [0.25, 0.3) is 0 Å². The number of nitrogens with zero attached hydrogens (tertiary/aromatic N) is 5. The molecule has 47 heavy (non-hydrogen) atoms. The zero-order chi connectivity index (χ0) is 30.9. The van der Waals surface area contributed by atoms with Crippen molar-refractivity contribution in [1.82, 2.24) is 24.1 Å². The summed E-state index contributed by atoms with van der Waals surface area (Å²) in [6.45, 7) is 0. The van der Waals surface area contributed by atoms with E-state index in [0.29, 0.717) is 17.5 Å². The highest BCUT2D eigenvalue weighted by molar-refractivity contribution is 7.99. The van der Waals surface area contributed by atoms with Gasteiger partial charge in [0.2, 0.25) is 0 Å². The molecule has 0 N–H and O–H groups in total. The van der Waals surface area contributed by atoms with Crippen LogP contribution in [0.2, 0.25) is 0 Å². The Labute approximate surface area is 274 Å². The fourth-order valence-corrected chi connectivity index (χ4v) is 7.99. The summed E-state index contributed by atoms with van der Waals surface area (Å²) in [6, 6.07) is 53.0. The number of hydrogen-bond donors (Lipinski definition) is 0. The number of para-hydroxylation sites is 3. The van der Waals surface area contributed by atoms with Crippen molar-refractivity contribution in [2.45, 2.75) is 9.79 Å². The van der Waals surface area contributed by atoms with E-state index >= 15 is 0 Å². The van der Waals surface area contributed by atoms with Crippen molar-refractivity contribution < 1.29 is 0 Å². The average molecular weight is 620 g/mol. The Balaban J connectivity index is 1.30. The molecule has 0 bridgehead atoms. The predicted octanol–water partition coefficient (Wildman–Crippen LogP) is 10.4. The van der Waals surface area contributed by atoms with Gasteiger partial charge in [0.05, 0.1) is 16.7 Å². The molecule has 0 aliphatic carbocycles. The molecule has 0 spiro atoms. The zero-order valence-electron chi connectivity index (χ0n) is 25.1. The molecule has 1 aliphatic heterocycles. The van der Waals surface area contributed by atoms with Crippen molar-refractivity contribution >= 4 is 44.6 Å². The molecule has 10 rings (SSSR count). The minimum absolute atomic E-state index is 0.648. The highest BCUT2D eigenvalue weighted by Gasteiger charge is 2.28. The molecule has 0 atom stereocenters. The molecule has 0 amide bonds. The SMILES string of the molecule is c1ccc(-c2nc(-c3ccccc3)nc(-c3ccc4c(c3)c3c5cccc6c5n(c3n4-c3ccccc3)-c3ccccc3S6)n2)cc1. The number of benzene rings is 6. The van der Waals surface area contributed by atoms with E-state index in [1.54, 1.807) is 0 Å². The van der Waals surface area contributed by atoms with Gasteiger partial charge < -0.3 is 0 Å². The van der Waals surface area contributed by atoms with E-state index in [-0.39, 0.29) is 0 Å². The van der Waals surface area contributed by atoms with Crippen LogP contribution in [0.25, 0.3) is 78.4 Å². The van der Waals surface area contributed by atoms with Crippen molar-refractivity contribution in [3.8, 4) is 45.5 Å². The topological polar surface area (TPSA) is 48.5 Å². The van der Waals surface area contributed by atoms with E-state index in [0.717, 1.165) is 38.9 Å². The average Bonchev–Trinajstić information content (AvgIpc) is 3.66. The Hall–Kier alpha value is -5.98. The van der Waals surface area contributed by atoms with E-state index in [1.807, 2.05) is 72.4 Å². The van der Waals surface area contributed by atoms with Crippen molar-refractivity contribution in [3.63, 3.8) is 0 Å². The van der Waals surface area contributed by atoms with E-state index in [1.165, 1.54) is 31.8 Å². The molecule has 3 aromatic heterocycles. The van der Waals surface area contributed by atoms with Crippen LogP contribution in [0.5, 0.6) is 0 Å². The van der Waals surface area contributed by atoms with Gasteiger partial charge in [-0.2, -0.15) is 0 Å². The quantitative estimate of drug-likeness (QED) is 0.197. The molecule has 9 aromatic rings. The molecule has 0 saturated carbocycles. The predicted molar refractivity (Wildman–Crippen MR) is 191 cm³/mol. The first-order valence-electron chi connectivity index (χ1n) is 15.6. The summed E-state index contributed by atoms with van der Waals surface area (Å²) < 4.78 is 4.87. The molecular weight excluding hydrogens is 595 g/mol. The molecule has 0 radical (unpaired) electrons. The first kappa shape index (κ1) is 26.3. The van der Waals surface area contributed by atoms with Gasteiger partial charge in [-0.3, -0.25) is 9.13 Å². The van der Waals surface area contributed by atoms with Gasteiger partial charge in [0.15, 0.2) is 17.5 Å². The molecule has 0 fully saturated rings. The van der Waals surface area contributed by atoms with Crippen molar-refractivity contribution in [3.05, 3.63) is 152 Å². The summed E-state index contributed by atoms with van der Waals surface area (Å²) in [5.41, 5.74) is 8.72. The van der Waals surface area contributed by atoms with Gasteiger partial charge in [-0.1, -0.05) is 115 Å². The monoisotopic (exact) mass is 619 g/mol. The Morgan fingerprint density at radius 2 is 1.04 bits per heavy atom. The van der Waals surface area contributed by atoms with Crippen LogP contribution in [0, 0.1) is 0 Å². The number of aromatic nitrogens is 5. The van der Waals surface area contributed by atoms with Crippen molar-refractivity contribution in [2.24, 2.45) is 0 Å². The second-order valence-corrected chi connectivity index (χ2v) is 12.8. The largest absolute Gasteiger partial charge is 0.295 e. The number of rotatable bonds is 4. The lowest BCUT2D eigenvalue weighted by molar-refractivity contribution is 1.03. The second kappa shape index (κ2) is 10.3. The molecule has 0 unspecified atom stereocenters. The standard InChI is InChI=1S/C41H25N5S/c1-4-13-26(14-5-1)38-42-39(27-15-6-2-7-16-27)44-40(43-38)28-23-24-32-31(25-28)36-30-19-12-22-35-37(30)46(33-20-10-11-21-34(33)47-35)41(36)45(32)29-17-8-3-9-18-29/h1-25H. The van der Waals surface area contributed by atoms with Crippen molar-refractivity contribution in [2.75, 3.05) is 0 Å². The van der Waals surface area contributed by atoms with Gasteiger partial charge >= 0.3 is 0 Å². The Morgan fingerprint density at radius 1 is 0.447 bits per heavy atom. The van der Waals surface area contributed by atoms with E-state index in [4.69, 9.17) is 15.0 Å². The molecule has 1 aliphatic rings. The molecule has 6 heteroatoms. The summed E-state index contributed by atoms with van der Waals surface area (Å²) in [5.74, 6) is 1.96. The van der Waals surface area contributed by atoms with Crippen LogP contribution in [0.3, 0.4) is 0 Å². The molecule has 0 saturated heterocycles. The van der Waals surface area contributed by atoms with E-state index in [2.05, 4.69) is 100 Å². The maximum absolute atomic E-state index is 5.05. The van der Waals surface area contributed by atoms with Crippen molar-refractivity contribution in [1.29, 1.82) is 0 Å². The minimum atomic E-state index is 0.648. The maximum atomic E-state index is 5.05. The summed E-state index contributed by atoms with van der Waals surface area (Å²) >= 11 is 1.84. The molecule has 6 aromatic carbocycles. The third kappa shape index (κ3) is 4.02. The smallest absolute Gasteiger partial charge is 0.164 e. The summed E-state index contributed by atoms with van der Waals surface area (Å²) in [7, 11) is 0. The van der Waals surface area contributed by atoms with Gasteiger partial charge in [-0.05, 0) is 48.5 Å². The lowest BCUT2D eigenvalue weighted by atomic mass is 10.1. The summed E-state index contributed by atoms with van der Waals surface area (Å²) in [5, 5.41) is 3.62. The summed E-state index contributed by atoms with van der Waals surface area (Å²) in [6.07, 6.45) is 0. The highest BCUT2D eigenvalue weighted by Crippen LogP contribution is 2.49. The van der Waals surface area contributed by atoms with Crippen LogP contribution in [0.15, 0.2) is 161 Å². The van der Waals surface area contributed by atoms with E-state index in [9.17, 15) is 0 Å². The fraction of sp³-hybridized carbons (Fsp3) is 0. The Bertz CT molecular complexity index is 2580. The van der Waals surface area contributed by atoms with Crippen LogP contribution in [0.1, 0.15) is 0 Å². The maximum Gasteiger partial charge on any atom is 0.164 e. The first-order chi connectivity index (χ1) is 23.3. The van der Waals surface area contributed by atoms with Crippen LogP contribution >= 0.6 is 11.8 Å². The third-order valence-corrected chi connectivity index (χ3v) is 10.1. The van der Waals surface area contributed by atoms with Crippen LogP contribution in [-0.4, -0.2) is 24.1 Å². The normalized spacial score (nSPS) is 12.2. The zero-order valence-corrected chi connectivity index (χ0v) is 25.9. The minimum Gasteiger partial charge on any atom is -0.295 e. The highest BCUT2D eigenvalue weighted by atomic mass is 32.2. The van der Waals surface area contributed by atoms with Gasteiger partial charge in [0.1, 0.15) is 5.65 Å². The van der Waals surface area contributed by atoms with E-state index < -0.39 is 0 Å². The molecular formula is C41H25N5S. The first-order valence-corrected chi connectivity index (χ1v) is 16.4. The number of hydrogen-bond acceptors (Lipinski definition) is 4. The van der Waals surface area contributed by atoms with Gasteiger partial charge in [-0.15, -0.1) is 0 Å². The fourth-order valence-electron chi connectivity index (χ4n) is 6.89. The second-order valence-electron chi connectivity index (χ2n) is 11.7. The van der Waals surface area contributed by atoms with Crippen LogP contribution in [-0.2, 0) is 0 Å². The third-order valence-electron chi connectivity index (χ3n) is 8.94. The number of fused-ring (bicyclic) bond motifs is 7. The Morgan fingerprint density at radius 3 is 1.74 bits per heavy atom. The van der Waals surface area contributed by atoms with Crippen LogP contribution < -0.4 is 0 Å².